The fourth-order valence-electron chi connectivity index (χ4n) is 3.94. The van der Waals surface area contributed by atoms with E-state index in [0.717, 1.165) is 29.1 Å². The maximum absolute atomic E-state index is 12.6. The second kappa shape index (κ2) is 7.26. The molecule has 1 heterocycles. The van der Waals surface area contributed by atoms with Crippen molar-refractivity contribution in [2.24, 2.45) is 11.1 Å². The first kappa shape index (κ1) is 19.9. The number of benzene rings is 1. The minimum atomic E-state index is -0.596. The molecule has 2 amide bonds. The molecule has 0 bridgehead atoms. The van der Waals surface area contributed by atoms with Gasteiger partial charge in [0.15, 0.2) is 5.78 Å². The maximum Gasteiger partial charge on any atom is 0.250 e. The summed E-state index contributed by atoms with van der Waals surface area (Å²) in [6.07, 6.45) is 2.38. The van der Waals surface area contributed by atoms with Crippen molar-refractivity contribution in [1.29, 1.82) is 0 Å². The molecule has 1 aromatic heterocycles. The van der Waals surface area contributed by atoms with E-state index in [1.807, 2.05) is 24.5 Å². The Balaban J connectivity index is 2.11. The normalized spacial score (nSPS) is 15.2. The number of hydrogen-bond acceptors (Lipinski definition) is 3. The van der Waals surface area contributed by atoms with Crippen molar-refractivity contribution in [3.05, 3.63) is 46.8 Å². The Kier molecular flexibility index (Phi) is 5.15. The Morgan fingerprint density at radius 2 is 1.93 bits per heavy atom. The predicted octanol–water partition coefficient (Wildman–Crippen LogP) is 3.78. The molecule has 0 aliphatic heterocycles. The highest BCUT2D eigenvalue weighted by atomic mass is 16.2. The van der Waals surface area contributed by atoms with Gasteiger partial charge in [-0.25, -0.2) is 0 Å². The van der Waals surface area contributed by atoms with Crippen LogP contribution in [0.15, 0.2) is 24.3 Å². The number of amides is 2. The second-order valence-electron chi connectivity index (χ2n) is 8.31. The second-order valence-corrected chi connectivity index (χ2v) is 8.31. The van der Waals surface area contributed by atoms with E-state index in [2.05, 4.69) is 19.2 Å². The van der Waals surface area contributed by atoms with E-state index >= 15 is 0 Å². The number of primary amides is 1. The molecule has 148 valence electrons. The third kappa shape index (κ3) is 3.72. The largest absolute Gasteiger partial charge is 0.366 e. The predicted molar refractivity (Wildman–Crippen MR) is 109 cm³/mol. The SMILES string of the molecule is CCCC(=O)Nc1cc(-n2c(C)cc3c2CC(C)(C)CC3=O)ccc1C(N)=O. The number of aromatic nitrogens is 1. The first-order valence-electron chi connectivity index (χ1n) is 9.61. The van der Waals surface area contributed by atoms with Gasteiger partial charge >= 0.3 is 0 Å². The third-order valence-corrected chi connectivity index (χ3v) is 5.15. The first-order valence-corrected chi connectivity index (χ1v) is 9.61. The number of rotatable bonds is 5. The summed E-state index contributed by atoms with van der Waals surface area (Å²) < 4.78 is 2.04. The van der Waals surface area contributed by atoms with Gasteiger partial charge in [-0.2, -0.15) is 0 Å². The van der Waals surface area contributed by atoms with Crippen molar-refractivity contribution in [2.75, 3.05) is 5.32 Å². The molecule has 6 heteroatoms. The summed E-state index contributed by atoms with van der Waals surface area (Å²) in [6, 6.07) is 7.10. The van der Waals surface area contributed by atoms with Crippen molar-refractivity contribution < 1.29 is 14.4 Å². The number of Topliss-reactive ketones (excluding diaryl/α,β-unsaturated/α-hetero) is 1. The van der Waals surface area contributed by atoms with Crippen LogP contribution in [0.3, 0.4) is 0 Å². The molecule has 0 spiro atoms. The summed E-state index contributed by atoms with van der Waals surface area (Å²) in [4.78, 5) is 36.5. The van der Waals surface area contributed by atoms with Gasteiger partial charge in [0, 0.05) is 35.5 Å². The van der Waals surface area contributed by atoms with Crippen molar-refractivity contribution in [1.82, 2.24) is 4.57 Å². The summed E-state index contributed by atoms with van der Waals surface area (Å²) in [6.45, 7) is 8.05. The third-order valence-electron chi connectivity index (χ3n) is 5.15. The average molecular weight is 381 g/mol. The summed E-state index contributed by atoms with van der Waals surface area (Å²) >= 11 is 0. The van der Waals surface area contributed by atoms with Crippen LogP contribution in [0.1, 0.15) is 72.1 Å². The van der Waals surface area contributed by atoms with Crippen LogP contribution in [0.25, 0.3) is 5.69 Å². The first-order chi connectivity index (χ1) is 13.1. The van der Waals surface area contributed by atoms with Crippen LogP contribution in [0, 0.1) is 12.3 Å². The van der Waals surface area contributed by atoms with Crippen LogP contribution >= 0.6 is 0 Å². The molecule has 3 rings (SSSR count). The number of fused-ring (bicyclic) bond motifs is 1. The van der Waals surface area contributed by atoms with Crippen LogP contribution in [0.2, 0.25) is 0 Å². The quantitative estimate of drug-likeness (QED) is 0.825. The average Bonchev–Trinajstić information content (AvgIpc) is 2.89. The van der Waals surface area contributed by atoms with Crippen LogP contribution in [0.4, 0.5) is 5.69 Å². The van der Waals surface area contributed by atoms with Crippen LogP contribution in [0.5, 0.6) is 0 Å². The number of carbonyl (C=O) groups is 3. The molecule has 3 N–H and O–H groups in total. The number of carbonyl (C=O) groups excluding carboxylic acids is 3. The number of ketones is 1. The molecule has 0 atom stereocenters. The lowest BCUT2D eigenvalue weighted by Gasteiger charge is -2.30. The lowest BCUT2D eigenvalue weighted by Crippen LogP contribution is -2.28. The van der Waals surface area contributed by atoms with Gasteiger partial charge in [0.05, 0.1) is 11.3 Å². The molecule has 0 saturated carbocycles. The van der Waals surface area contributed by atoms with Crippen molar-refractivity contribution in [2.45, 2.75) is 53.4 Å². The molecule has 0 saturated heterocycles. The number of anilines is 1. The Morgan fingerprint density at radius 3 is 2.57 bits per heavy atom. The molecular weight excluding hydrogens is 354 g/mol. The van der Waals surface area contributed by atoms with E-state index in [0.29, 0.717) is 24.9 Å². The van der Waals surface area contributed by atoms with Gasteiger partial charge in [0.25, 0.3) is 5.91 Å². The summed E-state index contributed by atoms with van der Waals surface area (Å²) in [5, 5.41) is 2.80. The number of aryl methyl sites for hydroxylation is 1. The highest BCUT2D eigenvalue weighted by molar-refractivity contribution is 6.03. The smallest absolute Gasteiger partial charge is 0.250 e. The van der Waals surface area contributed by atoms with Gasteiger partial charge in [0.1, 0.15) is 0 Å². The van der Waals surface area contributed by atoms with E-state index in [1.165, 1.54) is 0 Å². The zero-order chi connectivity index (χ0) is 20.6. The molecular formula is C22H27N3O3. The van der Waals surface area contributed by atoms with Gasteiger partial charge in [0.2, 0.25) is 5.91 Å². The van der Waals surface area contributed by atoms with E-state index < -0.39 is 5.91 Å². The van der Waals surface area contributed by atoms with Crippen molar-refractivity contribution in [3.8, 4) is 5.69 Å². The number of nitrogens with two attached hydrogens (primary N) is 1. The molecule has 0 unspecified atom stereocenters. The monoisotopic (exact) mass is 381 g/mol. The van der Waals surface area contributed by atoms with Crippen LogP contribution in [-0.2, 0) is 11.2 Å². The van der Waals surface area contributed by atoms with E-state index in [-0.39, 0.29) is 22.7 Å². The van der Waals surface area contributed by atoms with Crippen molar-refractivity contribution in [3.63, 3.8) is 0 Å². The van der Waals surface area contributed by atoms with E-state index in [1.54, 1.807) is 18.2 Å². The van der Waals surface area contributed by atoms with E-state index in [4.69, 9.17) is 5.73 Å². The molecule has 2 aromatic rings. The number of nitrogens with one attached hydrogen (secondary N) is 1. The number of nitrogens with zero attached hydrogens (tertiary/aromatic N) is 1. The topological polar surface area (TPSA) is 94.2 Å². The fraction of sp³-hybridized carbons (Fsp3) is 0.409. The minimum Gasteiger partial charge on any atom is -0.366 e. The van der Waals surface area contributed by atoms with Crippen LogP contribution in [-0.4, -0.2) is 22.2 Å². The van der Waals surface area contributed by atoms with Gasteiger partial charge in [-0.3, -0.25) is 14.4 Å². The highest BCUT2D eigenvalue weighted by Gasteiger charge is 2.34. The van der Waals surface area contributed by atoms with E-state index in [9.17, 15) is 14.4 Å². The molecule has 1 aliphatic rings. The summed E-state index contributed by atoms with van der Waals surface area (Å²) in [7, 11) is 0. The van der Waals surface area contributed by atoms with Crippen LogP contribution < -0.4 is 11.1 Å². The Bertz CT molecular complexity index is 970. The van der Waals surface area contributed by atoms with Gasteiger partial charge < -0.3 is 15.6 Å². The molecule has 6 nitrogen and oxygen atoms in total. The molecule has 0 radical (unpaired) electrons. The Labute approximate surface area is 165 Å². The lowest BCUT2D eigenvalue weighted by molar-refractivity contribution is -0.116. The van der Waals surface area contributed by atoms with Gasteiger partial charge in [-0.15, -0.1) is 0 Å². The lowest BCUT2D eigenvalue weighted by atomic mass is 9.76. The molecule has 1 aromatic carbocycles. The molecule has 0 fully saturated rings. The Hall–Kier alpha value is -2.89. The maximum atomic E-state index is 12.6. The highest BCUT2D eigenvalue weighted by Crippen LogP contribution is 2.38. The standard InChI is InChI=1S/C22H27N3O3/c1-5-6-20(27)24-17-10-14(7-8-15(17)21(23)28)25-13(2)9-16-18(25)11-22(3,4)12-19(16)26/h7-10H,5-6,11-12H2,1-4H3,(H2,23,28)(H,24,27). The zero-order valence-electron chi connectivity index (χ0n) is 16.9. The van der Waals surface area contributed by atoms with Gasteiger partial charge in [-0.05, 0) is 49.4 Å². The number of hydrogen-bond donors (Lipinski definition) is 2. The fourth-order valence-corrected chi connectivity index (χ4v) is 3.94. The Morgan fingerprint density at radius 1 is 1.21 bits per heavy atom. The molecule has 1 aliphatic carbocycles. The zero-order valence-corrected chi connectivity index (χ0v) is 16.9. The summed E-state index contributed by atoms with van der Waals surface area (Å²) in [5.74, 6) is -0.607. The van der Waals surface area contributed by atoms with Crippen molar-refractivity contribution >= 4 is 23.3 Å². The summed E-state index contributed by atoms with van der Waals surface area (Å²) in [5.41, 5.74) is 9.49. The van der Waals surface area contributed by atoms with Gasteiger partial charge in [-0.1, -0.05) is 20.8 Å². The molecule has 28 heavy (non-hydrogen) atoms. The minimum absolute atomic E-state index is 0.113.